The van der Waals surface area contributed by atoms with E-state index in [1.54, 1.807) is 19.1 Å². The Morgan fingerprint density at radius 2 is 2.35 bits per heavy atom. The standard InChI is InChI=1S/C15H22N2O3/c1-2-20-15(19)12-6-7-14(16-10-12)17-13-5-3-4-11(13)8-9-18/h6-7,10-11,13,18H,2-5,8-9H2,1H3,(H,16,17). The fraction of sp³-hybridized carbons (Fsp3) is 0.600. The van der Waals surface area contributed by atoms with Crippen molar-refractivity contribution in [3.8, 4) is 0 Å². The SMILES string of the molecule is CCOC(=O)c1ccc(NC2CCCC2CCO)nc1. The smallest absolute Gasteiger partial charge is 0.339 e. The molecule has 0 aromatic carbocycles. The summed E-state index contributed by atoms with van der Waals surface area (Å²) in [6.45, 7) is 2.38. The number of rotatable bonds is 6. The van der Waals surface area contributed by atoms with E-state index >= 15 is 0 Å². The van der Waals surface area contributed by atoms with Crippen molar-refractivity contribution in [3.63, 3.8) is 0 Å². The fourth-order valence-corrected chi connectivity index (χ4v) is 2.74. The van der Waals surface area contributed by atoms with E-state index in [0.717, 1.165) is 25.1 Å². The van der Waals surface area contributed by atoms with Crippen LogP contribution in [0.3, 0.4) is 0 Å². The van der Waals surface area contributed by atoms with E-state index in [1.807, 2.05) is 0 Å². The molecule has 2 rings (SSSR count). The highest BCUT2D eigenvalue weighted by Gasteiger charge is 2.26. The summed E-state index contributed by atoms with van der Waals surface area (Å²) in [6.07, 6.45) is 5.81. The van der Waals surface area contributed by atoms with E-state index in [2.05, 4.69) is 10.3 Å². The van der Waals surface area contributed by atoms with Gasteiger partial charge in [-0.05, 0) is 44.2 Å². The van der Waals surface area contributed by atoms with Gasteiger partial charge in [-0.2, -0.15) is 0 Å². The van der Waals surface area contributed by atoms with Gasteiger partial charge in [0.2, 0.25) is 0 Å². The maximum Gasteiger partial charge on any atom is 0.339 e. The topological polar surface area (TPSA) is 71.5 Å². The van der Waals surface area contributed by atoms with E-state index in [4.69, 9.17) is 9.84 Å². The Balaban J connectivity index is 1.95. The van der Waals surface area contributed by atoms with Gasteiger partial charge in [-0.25, -0.2) is 9.78 Å². The Kier molecular flexibility index (Phi) is 5.35. The van der Waals surface area contributed by atoms with Gasteiger partial charge in [0.25, 0.3) is 0 Å². The summed E-state index contributed by atoms with van der Waals surface area (Å²) in [5.74, 6) is 0.935. The van der Waals surface area contributed by atoms with Gasteiger partial charge in [-0.1, -0.05) is 6.42 Å². The number of anilines is 1. The molecule has 1 aliphatic rings. The minimum atomic E-state index is -0.342. The quantitative estimate of drug-likeness (QED) is 0.781. The molecule has 20 heavy (non-hydrogen) atoms. The molecule has 110 valence electrons. The number of ether oxygens (including phenoxy) is 1. The Morgan fingerprint density at radius 1 is 1.50 bits per heavy atom. The average molecular weight is 278 g/mol. The molecule has 0 spiro atoms. The predicted octanol–water partition coefficient (Wildman–Crippen LogP) is 2.22. The van der Waals surface area contributed by atoms with Crippen LogP contribution in [0.2, 0.25) is 0 Å². The van der Waals surface area contributed by atoms with Crippen molar-refractivity contribution >= 4 is 11.8 Å². The van der Waals surface area contributed by atoms with Gasteiger partial charge in [0.1, 0.15) is 5.82 Å². The van der Waals surface area contributed by atoms with Crippen molar-refractivity contribution in [2.24, 2.45) is 5.92 Å². The number of pyridine rings is 1. The summed E-state index contributed by atoms with van der Waals surface area (Å²) in [5, 5.41) is 12.5. The highest BCUT2D eigenvalue weighted by molar-refractivity contribution is 5.89. The summed E-state index contributed by atoms with van der Waals surface area (Å²) in [4.78, 5) is 15.8. The maximum absolute atomic E-state index is 11.5. The van der Waals surface area contributed by atoms with Gasteiger partial charge < -0.3 is 15.2 Å². The summed E-state index contributed by atoms with van der Waals surface area (Å²) < 4.78 is 4.92. The third kappa shape index (κ3) is 3.70. The molecule has 2 atom stereocenters. The first kappa shape index (κ1) is 14.8. The average Bonchev–Trinajstić information content (AvgIpc) is 2.88. The molecule has 1 aromatic heterocycles. The molecule has 2 unspecified atom stereocenters. The van der Waals surface area contributed by atoms with Crippen LogP contribution < -0.4 is 5.32 Å². The van der Waals surface area contributed by atoms with Crippen molar-refractivity contribution in [2.45, 2.75) is 38.6 Å². The number of aromatic nitrogens is 1. The fourth-order valence-electron chi connectivity index (χ4n) is 2.74. The van der Waals surface area contributed by atoms with Crippen molar-refractivity contribution in [3.05, 3.63) is 23.9 Å². The van der Waals surface area contributed by atoms with Gasteiger partial charge in [0.15, 0.2) is 0 Å². The van der Waals surface area contributed by atoms with Gasteiger partial charge in [-0.3, -0.25) is 0 Å². The summed E-state index contributed by atoms with van der Waals surface area (Å²) in [7, 11) is 0. The summed E-state index contributed by atoms with van der Waals surface area (Å²) in [6, 6.07) is 3.90. The van der Waals surface area contributed by atoms with Crippen molar-refractivity contribution < 1.29 is 14.6 Å². The minimum absolute atomic E-state index is 0.234. The molecule has 1 aromatic rings. The van der Waals surface area contributed by atoms with Gasteiger partial charge >= 0.3 is 5.97 Å². The van der Waals surface area contributed by atoms with E-state index in [-0.39, 0.29) is 12.6 Å². The number of nitrogens with zero attached hydrogens (tertiary/aromatic N) is 1. The molecule has 0 radical (unpaired) electrons. The molecule has 5 heteroatoms. The Morgan fingerprint density at radius 3 is 3.00 bits per heavy atom. The van der Waals surface area contributed by atoms with Crippen LogP contribution in [-0.2, 0) is 4.74 Å². The zero-order valence-electron chi connectivity index (χ0n) is 11.8. The maximum atomic E-state index is 11.5. The lowest BCUT2D eigenvalue weighted by Crippen LogP contribution is -2.25. The number of carbonyl (C=O) groups excluding carboxylic acids is 1. The molecule has 1 heterocycles. The van der Waals surface area contributed by atoms with Crippen molar-refractivity contribution in [1.29, 1.82) is 0 Å². The third-order valence-electron chi connectivity index (χ3n) is 3.77. The zero-order chi connectivity index (χ0) is 14.4. The molecule has 1 saturated carbocycles. The highest BCUT2D eigenvalue weighted by Crippen LogP contribution is 2.30. The first-order valence-electron chi connectivity index (χ1n) is 7.25. The van der Waals surface area contributed by atoms with Crippen LogP contribution in [0.1, 0.15) is 43.0 Å². The number of esters is 1. The normalized spacial score (nSPS) is 21.7. The molecular weight excluding hydrogens is 256 g/mol. The van der Waals surface area contributed by atoms with Gasteiger partial charge in [-0.15, -0.1) is 0 Å². The molecule has 0 bridgehead atoms. The molecule has 2 N–H and O–H groups in total. The third-order valence-corrected chi connectivity index (χ3v) is 3.77. The van der Waals surface area contributed by atoms with Crippen LogP contribution >= 0.6 is 0 Å². The Labute approximate surface area is 119 Å². The van der Waals surface area contributed by atoms with Crippen molar-refractivity contribution in [2.75, 3.05) is 18.5 Å². The van der Waals surface area contributed by atoms with E-state index in [0.29, 0.717) is 24.1 Å². The number of aliphatic hydroxyl groups is 1. The second-order valence-corrected chi connectivity index (χ2v) is 5.11. The zero-order valence-corrected chi connectivity index (χ0v) is 11.8. The van der Waals surface area contributed by atoms with Crippen molar-refractivity contribution in [1.82, 2.24) is 4.98 Å². The second-order valence-electron chi connectivity index (χ2n) is 5.11. The highest BCUT2D eigenvalue weighted by atomic mass is 16.5. The second kappa shape index (κ2) is 7.24. The number of nitrogens with one attached hydrogen (secondary N) is 1. The molecule has 1 aliphatic carbocycles. The summed E-state index contributed by atoms with van der Waals surface area (Å²) in [5.41, 5.74) is 0.468. The van der Waals surface area contributed by atoms with Gasteiger partial charge in [0, 0.05) is 18.8 Å². The molecule has 0 aliphatic heterocycles. The lowest BCUT2D eigenvalue weighted by molar-refractivity contribution is 0.0526. The Hall–Kier alpha value is -1.62. The van der Waals surface area contributed by atoms with Crippen LogP contribution in [0.5, 0.6) is 0 Å². The van der Waals surface area contributed by atoms with Crippen LogP contribution in [0, 0.1) is 5.92 Å². The lowest BCUT2D eigenvalue weighted by Gasteiger charge is -2.20. The van der Waals surface area contributed by atoms with Crippen LogP contribution in [0.4, 0.5) is 5.82 Å². The monoisotopic (exact) mass is 278 g/mol. The molecule has 0 amide bonds. The Bertz CT molecular complexity index is 433. The molecule has 0 saturated heterocycles. The molecule has 5 nitrogen and oxygen atoms in total. The first-order valence-corrected chi connectivity index (χ1v) is 7.25. The first-order chi connectivity index (χ1) is 9.74. The predicted molar refractivity (Wildman–Crippen MR) is 76.6 cm³/mol. The molecule has 1 fully saturated rings. The number of aliphatic hydroxyl groups excluding tert-OH is 1. The number of carbonyl (C=O) groups is 1. The summed E-state index contributed by atoms with van der Waals surface area (Å²) >= 11 is 0. The largest absolute Gasteiger partial charge is 0.462 e. The van der Waals surface area contributed by atoms with Crippen LogP contribution in [0.25, 0.3) is 0 Å². The van der Waals surface area contributed by atoms with E-state index in [1.165, 1.54) is 12.6 Å². The van der Waals surface area contributed by atoms with E-state index in [9.17, 15) is 4.79 Å². The minimum Gasteiger partial charge on any atom is -0.462 e. The number of hydrogen-bond acceptors (Lipinski definition) is 5. The number of hydrogen-bond donors (Lipinski definition) is 2. The van der Waals surface area contributed by atoms with Crippen LogP contribution in [0.15, 0.2) is 18.3 Å². The lowest BCUT2D eigenvalue weighted by atomic mass is 10.00. The van der Waals surface area contributed by atoms with Gasteiger partial charge in [0.05, 0.1) is 12.2 Å². The van der Waals surface area contributed by atoms with Crippen LogP contribution in [-0.4, -0.2) is 35.3 Å². The molecular formula is C15H22N2O3. The van der Waals surface area contributed by atoms with E-state index < -0.39 is 0 Å².